The molecule has 0 spiro atoms. The van der Waals surface area contributed by atoms with E-state index in [1.165, 1.54) is 5.82 Å². The van der Waals surface area contributed by atoms with E-state index in [0.717, 1.165) is 0 Å². The van der Waals surface area contributed by atoms with E-state index in [1.807, 2.05) is 0 Å². The van der Waals surface area contributed by atoms with Crippen molar-refractivity contribution in [1.29, 1.82) is 0 Å². The van der Waals surface area contributed by atoms with E-state index in [1.54, 1.807) is 0 Å². The first-order valence-corrected chi connectivity index (χ1v) is 3.85. The molecule has 3 heteroatoms. The Morgan fingerprint density at radius 1 is 1.50 bits per heavy atom. The van der Waals surface area contributed by atoms with Crippen molar-refractivity contribution in [3.63, 3.8) is 0 Å². The van der Waals surface area contributed by atoms with Crippen molar-refractivity contribution in [2.75, 3.05) is 0 Å². The van der Waals surface area contributed by atoms with Gasteiger partial charge in [0.05, 0.1) is 0 Å². The molecule has 0 aromatic rings. The summed E-state index contributed by atoms with van der Waals surface area (Å²) in [6.45, 7) is 0. The molecule has 0 unspecified atom stereocenters. The fourth-order valence-corrected chi connectivity index (χ4v) is 0. The zero-order valence-electron chi connectivity index (χ0n) is 2.22. The first-order chi connectivity index (χ1) is 1.73. The first kappa shape index (κ1) is 4.12. The van der Waals surface area contributed by atoms with Gasteiger partial charge in [-0.05, 0) is 0 Å². The van der Waals surface area contributed by atoms with E-state index in [2.05, 4.69) is 0 Å². The third kappa shape index (κ3) is 186. The Hall–Kier alpha value is 0.119. The van der Waals surface area contributed by atoms with Crippen LogP contribution in [-0.2, 0) is 7.67 Å². The van der Waals surface area contributed by atoms with Gasteiger partial charge in [-0.1, -0.05) is 0 Å². The molecule has 0 aliphatic carbocycles. The molecule has 0 aromatic heterocycles. The zero-order valence-corrected chi connectivity index (χ0v) is 3.94. The fraction of sp³-hybridized carbons (Fsp3) is 1.00. The molecule has 2 nitrogen and oxygen atoms in total. The molecular formula is CH3O2Se. The summed E-state index contributed by atoms with van der Waals surface area (Å²) in [6, 6.07) is 0. The minimum absolute atomic E-state index is 1.18. The van der Waals surface area contributed by atoms with Gasteiger partial charge < -0.3 is 0 Å². The van der Waals surface area contributed by atoms with Crippen LogP contribution in [0.25, 0.3) is 0 Å². The van der Waals surface area contributed by atoms with E-state index in [9.17, 15) is 0 Å². The van der Waals surface area contributed by atoms with Crippen LogP contribution in [0.1, 0.15) is 0 Å². The van der Waals surface area contributed by atoms with Crippen molar-refractivity contribution in [1.82, 2.24) is 0 Å². The van der Waals surface area contributed by atoms with Gasteiger partial charge in [0.15, 0.2) is 0 Å². The van der Waals surface area contributed by atoms with E-state index in [-0.39, 0.29) is 0 Å². The summed E-state index contributed by atoms with van der Waals surface area (Å²) in [4.78, 5) is 0. The van der Waals surface area contributed by atoms with E-state index in [0.29, 0.717) is 0 Å². The summed E-state index contributed by atoms with van der Waals surface area (Å²) >= 11 is -2.54. The summed E-state index contributed by atoms with van der Waals surface area (Å²) in [5.74, 6) is 1.18. The standard InChI is InChI=1S/CH3O2Se/c1-4(2)3/h1H3. The van der Waals surface area contributed by atoms with Crippen LogP contribution in [0, 0.1) is 0 Å². The molecule has 0 amide bonds. The van der Waals surface area contributed by atoms with Crippen LogP contribution >= 0.6 is 0 Å². The van der Waals surface area contributed by atoms with E-state index < -0.39 is 13.8 Å². The van der Waals surface area contributed by atoms with Crippen LogP contribution < -0.4 is 0 Å². The normalized spacial score (nSPS) is 6.25. The average molecular weight is 126 g/mol. The molecule has 0 aromatic carbocycles. The Labute approximate surface area is 28.1 Å². The molecule has 0 aliphatic rings. The van der Waals surface area contributed by atoms with Gasteiger partial charge in [-0.2, -0.15) is 0 Å². The summed E-state index contributed by atoms with van der Waals surface area (Å²) in [5.41, 5.74) is 0. The molecule has 1 radical (unpaired) electrons. The average Bonchev–Trinajstić information content (AvgIpc) is 0.811. The molecule has 0 aliphatic heterocycles. The third-order valence-electron chi connectivity index (χ3n) is 0. The van der Waals surface area contributed by atoms with Crippen LogP contribution in [-0.4, -0.2) is 13.8 Å². The van der Waals surface area contributed by atoms with Gasteiger partial charge in [0.25, 0.3) is 0 Å². The van der Waals surface area contributed by atoms with Crippen molar-refractivity contribution in [2.24, 2.45) is 0 Å². The van der Waals surface area contributed by atoms with Crippen LogP contribution in [0.3, 0.4) is 0 Å². The van der Waals surface area contributed by atoms with Crippen LogP contribution in [0.15, 0.2) is 0 Å². The molecule has 0 atom stereocenters. The van der Waals surface area contributed by atoms with Gasteiger partial charge in [-0.25, -0.2) is 0 Å². The maximum absolute atomic E-state index is 9.10. The van der Waals surface area contributed by atoms with E-state index >= 15 is 0 Å². The predicted octanol–water partition coefficient (Wildman–Crippen LogP) is -0.0346. The Morgan fingerprint density at radius 2 is 1.50 bits per heavy atom. The summed E-state index contributed by atoms with van der Waals surface area (Å²) < 4.78 is 18.2. The molecule has 0 rings (SSSR count). The molecule has 0 bridgehead atoms. The molecular weight excluding hydrogens is 123 g/mol. The number of hydrogen-bond donors (Lipinski definition) is 0. The van der Waals surface area contributed by atoms with Crippen molar-refractivity contribution < 1.29 is 7.67 Å². The van der Waals surface area contributed by atoms with Gasteiger partial charge in [0.2, 0.25) is 0 Å². The van der Waals surface area contributed by atoms with Gasteiger partial charge >= 0.3 is 27.3 Å². The van der Waals surface area contributed by atoms with Crippen LogP contribution in [0.4, 0.5) is 0 Å². The van der Waals surface area contributed by atoms with Gasteiger partial charge in [0.1, 0.15) is 0 Å². The van der Waals surface area contributed by atoms with Crippen molar-refractivity contribution in [2.45, 2.75) is 5.82 Å². The fourth-order valence-electron chi connectivity index (χ4n) is 0. The monoisotopic (exact) mass is 127 g/mol. The topological polar surface area (TPSA) is 34.1 Å². The van der Waals surface area contributed by atoms with E-state index in [4.69, 9.17) is 7.67 Å². The predicted molar refractivity (Wildman–Crippen MR) is 13.0 cm³/mol. The number of hydrogen-bond acceptors (Lipinski definition) is 2. The quantitative estimate of drug-likeness (QED) is 0.427. The second kappa shape index (κ2) is 1.44. The Morgan fingerprint density at radius 3 is 1.50 bits per heavy atom. The number of rotatable bonds is 0. The molecule has 0 saturated carbocycles. The molecule has 0 heterocycles. The SMILES string of the molecule is C[Se](=O)=O. The van der Waals surface area contributed by atoms with Crippen molar-refractivity contribution >= 4 is 13.8 Å². The molecule has 0 saturated heterocycles. The van der Waals surface area contributed by atoms with Gasteiger partial charge in [0, 0.05) is 0 Å². The molecule has 0 fully saturated rings. The van der Waals surface area contributed by atoms with Crippen molar-refractivity contribution in [3.05, 3.63) is 0 Å². The third-order valence-corrected chi connectivity index (χ3v) is 0. The Kier molecular flexibility index (Phi) is 1.48. The zero-order chi connectivity index (χ0) is 3.58. The second-order valence-corrected chi connectivity index (χ2v) is 2.09. The summed E-state index contributed by atoms with van der Waals surface area (Å²) in [7, 11) is 0. The maximum atomic E-state index is 9.10. The molecule has 0 N–H and O–H groups in total. The van der Waals surface area contributed by atoms with Crippen LogP contribution in [0.5, 0.6) is 0 Å². The van der Waals surface area contributed by atoms with Crippen LogP contribution in [0.2, 0.25) is 5.82 Å². The van der Waals surface area contributed by atoms with Gasteiger partial charge in [-0.15, -0.1) is 0 Å². The Bertz CT molecular complexity index is 54.4. The first-order valence-electron chi connectivity index (χ1n) is 0.742. The summed E-state index contributed by atoms with van der Waals surface area (Å²) in [6.07, 6.45) is 0. The minimum atomic E-state index is -2.54. The molecule has 4 heavy (non-hydrogen) atoms. The van der Waals surface area contributed by atoms with Gasteiger partial charge in [-0.3, -0.25) is 0 Å². The summed E-state index contributed by atoms with van der Waals surface area (Å²) in [5, 5.41) is 0. The Balaban J connectivity index is 3.51. The second-order valence-electron chi connectivity index (χ2n) is 0.401. The molecule has 25 valence electrons. The van der Waals surface area contributed by atoms with Crippen molar-refractivity contribution in [3.8, 4) is 0 Å².